The lowest BCUT2D eigenvalue weighted by Gasteiger charge is -2.07. The molecule has 0 amide bonds. The first-order valence-corrected chi connectivity index (χ1v) is 8.73. The maximum absolute atomic E-state index is 12.2. The smallest absolute Gasteiger partial charge is 0.339 e. The summed E-state index contributed by atoms with van der Waals surface area (Å²) in [6.45, 7) is 0. The number of rotatable bonds is 5. The van der Waals surface area contributed by atoms with E-state index in [4.69, 9.17) is 4.18 Å². The van der Waals surface area contributed by atoms with Crippen LogP contribution in [-0.4, -0.2) is 14.6 Å². The highest BCUT2D eigenvalue weighted by atomic mass is 32.2. The lowest BCUT2D eigenvalue weighted by Crippen LogP contribution is -2.09. The minimum Gasteiger partial charge on any atom is -0.379 e. The van der Waals surface area contributed by atoms with Crippen LogP contribution < -0.4 is 4.18 Å². The molecule has 120 valence electrons. The van der Waals surface area contributed by atoms with Crippen molar-refractivity contribution in [2.75, 3.05) is 0 Å². The summed E-state index contributed by atoms with van der Waals surface area (Å²) < 4.78 is 29.7. The van der Waals surface area contributed by atoms with Crippen molar-refractivity contribution < 1.29 is 12.6 Å². The molecular formula is C19H15NO3S. The molecule has 4 nitrogen and oxygen atoms in total. The summed E-state index contributed by atoms with van der Waals surface area (Å²) in [5, 5.41) is 0. The van der Waals surface area contributed by atoms with Crippen LogP contribution in [0.15, 0.2) is 94.8 Å². The van der Waals surface area contributed by atoms with Gasteiger partial charge in [0.1, 0.15) is 10.6 Å². The zero-order chi connectivity index (χ0) is 16.8. The van der Waals surface area contributed by atoms with Gasteiger partial charge in [-0.2, -0.15) is 8.42 Å². The summed E-state index contributed by atoms with van der Waals surface area (Å²) in [4.78, 5) is 4.46. The summed E-state index contributed by atoms with van der Waals surface area (Å²) in [6, 6.07) is 24.3. The van der Waals surface area contributed by atoms with Gasteiger partial charge >= 0.3 is 10.1 Å². The fourth-order valence-corrected chi connectivity index (χ4v) is 3.02. The SMILES string of the molecule is O=S(=O)(Oc1cccc(C=Nc2ccccc2)c1)c1ccccc1. The molecule has 0 atom stereocenters. The number of benzene rings is 3. The van der Waals surface area contributed by atoms with Crippen LogP contribution in [0, 0.1) is 0 Å². The van der Waals surface area contributed by atoms with E-state index in [1.54, 1.807) is 42.6 Å². The van der Waals surface area contributed by atoms with E-state index in [9.17, 15) is 8.42 Å². The van der Waals surface area contributed by atoms with Gasteiger partial charge in [0.25, 0.3) is 0 Å². The van der Waals surface area contributed by atoms with Gasteiger partial charge in [0, 0.05) is 6.21 Å². The Balaban J connectivity index is 1.80. The largest absolute Gasteiger partial charge is 0.379 e. The maximum atomic E-state index is 12.2. The Hall–Kier alpha value is -2.92. The lowest BCUT2D eigenvalue weighted by atomic mass is 10.2. The number of aliphatic imine (C=N–C) groups is 1. The Kier molecular flexibility index (Phi) is 4.72. The summed E-state index contributed by atoms with van der Waals surface area (Å²) in [7, 11) is -3.84. The van der Waals surface area contributed by atoms with Crippen LogP contribution in [-0.2, 0) is 10.1 Å². The van der Waals surface area contributed by atoms with Gasteiger partial charge in [0.15, 0.2) is 0 Å². The van der Waals surface area contributed by atoms with Crippen LogP contribution in [0.5, 0.6) is 5.75 Å². The van der Waals surface area contributed by atoms with Crippen LogP contribution >= 0.6 is 0 Å². The Morgan fingerprint density at radius 3 is 2.17 bits per heavy atom. The zero-order valence-electron chi connectivity index (χ0n) is 12.7. The van der Waals surface area contributed by atoms with E-state index < -0.39 is 10.1 Å². The van der Waals surface area contributed by atoms with Gasteiger partial charge in [0.2, 0.25) is 0 Å². The molecule has 0 bridgehead atoms. The highest BCUT2D eigenvalue weighted by Gasteiger charge is 2.15. The van der Waals surface area contributed by atoms with Gasteiger partial charge in [-0.15, -0.1) is 0 Å². The first-order valence-electron chi connectivity index (χ1n) is 7.32. The standard InChI is InChI=1S/C19H15NO3S/c21-24(22,19-12-5-2-6-13-19)23-18-11-7-8-16(14-18)15-20-17-9-3-1-4-10-17/h1-15H. The van der Waals surface area contributed by atoms with Gasteiger partial charge in [0.05, 0.1) is 5.69 Å². The summed E-state index contributed by atoms with van der Waals surface area (Å²) in [6.07, 6.45) is 1.66. The Morgan fingerprint density at radius 2 is 1.46 bits per heavy atom. The third-order valence-electron chi connectivity index (χ3n) is 3.21. The number of para-hydroxylation sites is 1. The topological polar surface area (TPSA) is 55.7 Å². The van der Waals surface area contributed by atoms with Crippen LogP contribution in [0.25, 0.3) is 0 Å². The molecule has 0 saturated heterocycles. The average molecular weight is 337 g/mol. The Morgan fingerprint density at radius 1 is 0.792 bits per heavy atom. The van der Waals surface area contributed by atoms with Gasteiger partial charge in [-0.05, 0) is 42.0 Å². The molecule has 0 fully saturated rings. The van der Waals surface area contributed by atoms with Crippen molar-refractivity contribution in [1.29, 1.82) is 0 Å². The molecular weight excluding hydrogens is 322 g/mol. The first-order chi connectivity index (χ1) is 11.6. The van der Waals surface area contributed by atoms with Crippen molar-refractivity contribution in [1.82, 2.24) is 0 Å². The molecule has 0 aliphatic rings. The van der Waals surface area contributed by atoms with E-state index >= 15 is 0 Å². The second-order valence-corrected chi connectivity index (χ2v) is 6.56. The molecule has 0 aliphatic heterocycles. The van der Waals surface area contributed by atoms with Gasteiger partial charge < -0.3 is 4.18 Å². The molecule has 3 aromatic rings. The molecule has 0 unspecified atom stereocenters. The molecule has 0 saturated carbocycles. The summed E-state index contributed by atoms with van der Waals surface area (Å²) >= 11 is 0. The minimum atomic E-state index is -3.84. The van der Waals surface area contributed by atoms with Crippen molar-refractivity contribution in [3.05, 3.63) is 90.5 Å². The van der Waals surface area contributed by atoms with Gasteiger partial charge in [-0.25, -0.2) is 0 Å². The third kappa shape index (κ3) is 4.08. The van der Waals surface area contributed by atoms with Crippen molar-refractivity contribution in [3.8, 4) is 5.75 Å². The highest BCUT2D eigenvalue weighted by Crippen LogP contribution is 2.19. The average Bonchev–Trinajstić information content (AvgIpc) is 2.62. The summed E-state index contributed by atoms with van der Waals surface area (Å²) in [5.74, 6) is 0.246. The van der Waals surface area contributed by atoms with E-state index in [2.05, 4.69) is 4.99 Å². The van der Waals surface area contributed by atoms with E-state index in [-0.39, 0.29) is 10.6 Å². The quantitative estimate of drug-likeness (QED) is 0.518. The third-order valence-corrected chi connectivity index (χ3v) is 4.48. The van der Waals surface area contributed by atoms with Crippen LogP contribution in [0.4, 0.5) is 5.69 Å². The monoisotopic (exact) mass is 337 g/mol. The fraction of sp³-hybridized carbons (Fsp3) is 0. The molecule has 0 N–H and O–H groups in total. The molecule has 3 rings (SSSR count). The molecule has 0 aliphatic carbocycles. The second kappa shape index (κ2) is 7.10. The molecule has 0 aromatic heterocycles. The van der Waals surface area contributed by atoms with E-state index in [0.29, 0.717) is 0 Å². The van der Waals surface area contributed by atoms with Crippen molar-refractivity contribution in [3.63, 3.8) is 0 Å². The van der Waals surface area contributed by atoms with E-state index in [1.165, 1.54) is 12.1 Å². The zero-order valence-corrected chi connectivity index (χ0v) is 13.6. The number of hydrogen-bond donors (Lipinski definition) is 0. The minimum absolute atomic E-state index is 0.119. The summed E-state index contributed by atoms with van der Waals surface area (Å²) in [5.41, 5.74) is 1.57. The molecule has 3 aromatic carbocycles. The molecule has 0 heterocycles. The molecule has 0 radical (unpaired) electrons. The normalized spacial score (nSPS) is 11.5. The van der Waals surface area contributed by atoms with Crippen molar-refractivity contribution in [2.45, 2.75) is 4.90 Å². The first kappa shape index (κ1) is 16.0. The molecule has 24 heavy (non-hydrogen) atoms. The van der Waals surface area contributed by atoms with Gasteiger partial charge in [-0.3, -0.25) is 4.99 Å². The number of nitrogens with zero attached hydrogens (tertiary/aromatic N) is 1. The molecule has 5 heteroatoms. The maximum Gasteiger partial charge on any atom is 0.339 e. The second-order valence-electron chi connectivity index (χ2n) is 5.02. The highest BCUT2D eigenvalue weighted by molar-refractivity contribution is 7.87. The predicted molar refractivity (Wildman–Crippen MR) is 94.4 cm³/mol. The van der Waals surface area contributed by atoms with Crippen LogP contribution in [0.2, 0.25) is 0 Å². The Labute approximate surface area is 141 Å². The van der Waals surface area contributed by atoms with E-state index in [0.717, 1.165) is 11.3 Å². The van der Waals surface area contributed by atoms with Gasteiger partial charge in [-0.1, -0.05) is 48.5 Å². The van der Waals surface area contributed by atoms with Crippen molar-refractivity contribution >= 4 is 22.0 Å². The lowest BCUT2D eigenvalue weighted by molar-refractivity contribution is 0.486. The van der Waals surface area contributed by atoms with Crippen molar-refractivity contribution in [2.24, 2.45) is 4.99 Å². The Bertz CT molecular complexity index is 937. The fourth-order valence-electron chi connectivity index (χ4n) is 2.07. The van der Waals surface area contributed by atoms with E-state index in [1.807, 2.05) is 36.4 Å². The number of hydrogen-bond acceptors (Lipinski definition) is 4. The predicted octanol–water partition coefficient (Wildman–Crippen LogP) is 4.20. The molecule has 0 spiro atoms. The van der Waals surface area contributed by atoms with Crippen LogP contribution in [0.3, 0.4) is 0 Å². The van der Waals surface area contributed by atoms with Crippen LogP contribution in [0.1, 0.15) is 5.56 Å².